The fraction of sp³-hybridized carbons (Fsp3) is 0.190. The minimum Gasteiger partial charge on any atom is -0.336 e. The van der Waals surface area contributed by atoms with Gasteiger partial charge < -0.3 is 4.90 Å². The highest BCUT2D eigenvalue weighted by Gasteiger charge is 2.15. The van der Waals surface area contributed by atoms with Gasteiger partial charge in [0.1, 0.15) is 5.69 Å². The molecule has 0 bridgehead atoms. The molecule has 1 amide bonds. The normalized spacial score (nSPS) is 10.6. The van der Waals surface area contributed by atoms with Crippen molar-refractivity contribution in [3.8, 4) is 0 Å². The largest absolute Gasteiger partial charge is 0.336 e. The molecule has 0 saturated carbocycles. The molecular weight excluding hydrogens is 358 g/mol. The maximum Gasteiger partial charge on any atom is 0.274 e. The Bertz CT molecular complexity index is 969. The highest BCUT2D eigenvalue weighted by atomic mass is 32.2. The number of hydrogen-bond acceptors (Lipinski definition) is 4. The maximum atomic E-state index is 12.7. The molecule has 3 rings (SSSR count). The Kier molecular flexibility index (Phi) is 6.08. The highest BCUT2D eigenvalue weighted by molar-refractivity contribution is 7.98. The summed E-state index contributed by atoms with van der Waals surface area (Å²) in [6.45, 7) is 0.813. The van der Waals surface area contributed by atoms with Crippen LogP contribution in [0.1, 0.15) is 21.6 Å². The summed E-state index contributed by atoms with van der Waals surface area (Å²) in [6.07, 6.45) is 2.03. The molecule has 3 aromatic rings. The molecule has 0 atom stereocenters. The van der Waals surface area contributed by atoms with E-state index in [1.807, 2.05) is 60.9 Å². The van der Waals surface area contributed by atoms with Crippen LogP contribution in [0.3, 0.4) is 0 Å². The first kappa shape index (κ1) is 18.9. The van der Waals surface area contributed by atoms with Crippen LogP contribution in [0.25, 0.3) is 0 Å². The van der Waals surface area contributed by atoms with Crippen LogP contribution >= 0.6 is 11.8 Å². The van der Waals surface area contributed by atoms with E-state index in [1.165, 1.54) is 21.7 Å². The molecule has 0 unspecified atom stereocenters. The van der Waals surface area contributed by atoms with Gasteiger partial charge in [-0.3, -0.25) is 9.59 Å². The van der Waals surface area contributed by atoms with Crippen molar-refractivity contribution in [3.05, 3.63) is 93.9 Å². The van der Waals surface area contributed by atoms with Crippen LogP contribution in [0.4, 0.5) is 0 Å². The molecule has 0 aliphatic carbocycles. The highest BCUT2D eigenvalue weighted by Crippen LogP contribution is 2.16. The summed E-state index contributed by atoms with van der Waals surface area (Å²) < 4.78 is 1.32. The summed E-state index contributed by atoms with van der Waals surface area (Å²) in [5.74, 6) is -0.217. The summed E-state index contributed by atoms with van der Waals surface area (Å²) in [4.78, 5) is 27.6. The van der Waals surface area contributed by atoms with E-state index in [0.717, 1.165) is 11.1 Å². The molecule has 27 heavy (non-hydrogen) atoms. The average Bonchev–Trinajstić information content (AvgIpc) is 2.70. The van der Waals surface area contributed by atoms with Gasteiger partial charge in [-0.05, 0) is 35.6 Å². The molecule has 0 N–H and O–H groups in total. The number of carbonyl (C=O) groups is 1. The van der Waals surface area contributed by atoms with Gasteiger partial charge in [0.25, 0.3) is 11.5 Å². The third-order valence-electron chi connectivity index (χ3n) is 4.19. The summed E-state index contributed by atoms with van der Waals surface area (Å²) in [7, 11) is 1.74. The Hall–Kier alpha value is -2.86. The number of aromatic nitrogens is 2. The monoisotopic (exact) mass is 379 g/mol. The molecule has 2 aromatic carbocycles. The van der Waals surface area contributed by atoms with E-state index in [0.29, 0.717) is 13.1 Å². The van der Waals surface area contributed by atoms with Crippen LogP contribution in [0, 0.1) is 0 Å². The molecule has 0 aliphatic heterocycles. The molecule has 1 heterocycles. The smallest absolute Gasteiger partial charge is 0.274 e. The van der Waals surface area contributed by atoms with Crippen LogP contribution in [0.15, 0.2) is 76.4 Å². The Balaban J connectivity index is 1.75. The Morgan fingerprint density at radius 3 is 2.37 bits per heavy atom. The van der Waals surface area contributed by atoms with E-state index in [4.69, 9.17) is 0 Å². The van der Waals surface area contributed by atoms with Crippen molar-refractivity contribution >= 4 is 17.7 Å². The number of thioether (sulfide) groups is 1. The number of amides is 1. The second-order valence-electron chi connectivity index (χ2n) is 6.21. The third kappa shape index (κ3) is 4.86. The van der Waals surface area contributed by atoms with Gasteiger partial charge in [-0.15, -0.1) is 11.8 Å². The second-order valence-corrected chi connectivity index (χ2v) is 7.09. The van der Waals surface area contributed by atoms with E-state index in [2.05, 4.69) is 5.10 Å². The predicted molar refractivity (Wildman–Crippen MR) is 108 cm³/mol. The van der Waals surface area contributed by atoms with Crippen molar-refractivity contribution in [2.75, 3.05) is 13.3 Å². The first-order valence-corrected chi connectivity index (χ1v) is 9.80. The number of hydrogen-bond donors (Lipinski definition) is 0. The van der Waals surface area contributed by atoms with E-state index in [1.54, 1.807) is 23.7 Å². The fourth-order valence-electron chi connectivity index (χ4n) is 2.70. The zero-order valence-electron chi connectivity index (χ0n) is 15.3. The molecule has 1 aromatic heterocycles. The van der Waals surface area contributed by atoms with Crippen molar-refractivity contribution in [1.82, 2.24) is 14.7 Å². The predicted octanol–water partition coefficient (Wildman–Crippen LogP) is 3.29. The van der Waals surface area contributed by atoms with Crippen molar-refractivity contribution in [1.29, 1.82) is 0 Å². The molecule has 6 heteroatoms. The van der Waals surface area contributed by atoms with E-state index in [9.17, 15) is 9.59 Å². The summed E-state index contributed by atoms with van der Waals surface area (Å²) in [5, 5.41) is 4.27. The average molecular weight is 379 g/mol. The van der Waals surface area contributed by atoms with Gasteiger partial charge in [-0.25, -0.2) is 4.68 Å². The molecule has 5 nitrogen and oxygen atoms in total. The summed E-state index contributed by atoms with van der Waals surface area (Å²) in [5.41, 5.74) is 2.03. The van der Waals surface area contributed by atoms with Gasteiger partial charge in [0.15, 0.2) is 0 Å². The van der Waals surface area contributed by atoms with Crippen LogP contribution < -0.4 is 5.56 Å². The molecule has 0 saturated heterocycles. The van der Waals surface area contributed by atoms with Crippen molar-refractivity contribution < 1.29 is 4.79 Å². The van der Waals surface area contributed by atoms with E-state index >= 15 is 0 Å². The molecule has 138 valence electrons. The van der Waals surface area contributed by atoms with Crippen molar-refractivity contribution in [2.24, 2.45) is 0 Å². The van der Waals surface area contributed by atoms with Gasteiger partial charge in [-0.1, -0.05) is 42.5 Å². The zero-order chi connectivity index (χ0) is 19.2. The van der Waals surface area contributed by atoms with Gasteiger partial charge in [0.2, 0.25) is 0 Å². The molecule has 0 spiro atoms. The first-order valence-electron chi connectivity index (χ1n) is 8.57. The van der Waals surface area contributed by atoms with E-state index < -0.39 is 0 Å². The Labute approximate surface area is 162 Å². The minimum atomic E-state index is -0.231. The van der Waals surface area contributed by atoms with Crippen LogP contribution in [0.2, 0.25) is 0 Å². The van der Waals surface area contributed by atoms with Crippen molar-refractivity contribution in [3.63, 3.8) is 0 Å². The zero-order valence-corrected chi connectivity index (χ0v) is 16.1. The van der Waals surface area contributed by atoms with E-state index in [-0.39, 0.29) is 17.2 Å². The fourth-order valence-corrected chi connectivity index (χ4v) is 3.11. The number of nitrogens with zero attached hydrogens (tertiary/aromatic N) is 3. The second kappa shape index (κ2) is 8.68. The summed E-state index contributed by atoms with van der Waals surface area (Å²) in [6, 6.07) is 20.6. The third-order valence-corrected chi connectivity index (χ3v) is 4.93. The van der Waals surface area contributed by atoms with Gasteiger partial charge in [-0.2, -0.15) is 5.10 Å². The number of carbonyl (C=O) groups excluding carboxylic acids is 1. The molecule has 0 aliphatic rings. The van der Waals surface area contributed by atoms with Crippen LogP contribution in [-0.4, -0.2) is 33.9 Å². The SMILES string of the molecule is CSc1ccc(CN(C)C(=O)c2ccc(=O)n(Cc3ccccc3)n2)cc1. The lowest BCUT2D eigenvalue weighted by atomic mass is 10.2. The lowest BCUT2D eigenvalue weighted by molar-refractivity contribution is 0.0776. The topological polar surface area (TPSA) is 55.2 Å². The Morgan fingerprint density at radius 1 is 1.00 bits per heavy atom. The van der Waals surface area contributed by atoms with Gasteiger partial charge >= 0.3 is 0 Å². The van der Waals surface area contributed by atoms with Gasteiger partial charge in [0, 0.05) is 24.6 Å². The summed E-state index contributed by atoms with van der Waals surface area (Å²) >= 11 is 1.68. The lowest BCUT2D eigenvalue weighted by Crippen LogP contribution is -2.31. The maximum absolute atomic E-state index is 12.7. The standard InChI is InChI=1S/C21H21N3O2S/c1-23(14-17-8-10-18(27-2)11-9-17)21(26)19-12-13-20(25)24(22-19)15-16-6-4-3-5-7-16/h3-13H,14-15H2,1-2H3. The first-order chi connectivity index (χ1) is 13.1. The Morgan fingerprint density at radius 2 is 1.70 bits per heavy atom. The molecule has 0 fully saturated rings. The lowest BCUT2D eigenvalue weighted by Gasteiger charge is -2.17. The molecular formula is C21H21N3O2S. The molecule has 0 radical (unpaired) electrons. The van der Waals surface area contributed by atoms with Crippen molar-refractivity contribution in [2.45, 2.75) is 18.0 Å². The minimum absolute atomic E-state index is 0.217. The number of benzene rings is 2. The number of rotatable bonds is 6. The van der Waals surface area contributed by atoms with Crippen LogP contribution in [0.5, 0.6) is 0 Å². The quantitative estimate of drug-likeness (QED) is 0.617. The van der Waals surface area contributed by atoms with Gasteiger partial charge in [0.05, 0.1) is 6.54 Å². The van der Waals surface area contributed by atoms with Crippen LogP contribution in [-0.2, 0) is 13.1 Å².